The number of aliphatic hydroxyl groups is 1. The summed E-state index contributed by atoms with van der Waals surface area (Å²) in [6.45, 7) is 1.90. The van der Waals surface area contributed by atoms with Crippen LogP contribution >= 0.6 is 27.5 Å². The molecule has 1 aromatic rings. The van der Waals surface area contributed by atoms with Gasteiger partial charge >= 0.3 is 5.97 Å². The average Bonchev–Trinajstić information content (AvgIpc) is 2.31. The van der Waals surface area contributed by atoms with Crippen molar-refractivity contribution in [3.05, 3.63) is 33.3 Å². The van der Waals surface area contributed by atoms with E-state index >= 15 is 0 Å². The maximum atomic E-state index is 11.4. The summed E-state index contributed by atoms with van der Waals surface area (Å²) in [5.74, 6) is -0.633. The smallest absolute Gasteiger partial charge is 0.325 e. The van der Waals surface area contributed by atoms with Crippen LogP contribution in [0, 0.1) is 0 Å². The highest BCUT2D eigenvalue weighted by Gasteiger charge is 2.25. The van der Waals surface area contributed by atoms with E-state index < -0.39 is 18.1 Å². The van der Waals surface area contributed by atoms with Crippen LogP contribution in [0.15, 0.2) is 22.7 Å². The van der Waals surface area contributed by atoms with Crippen LogP contribution < -0.4 is 5.73 Å². The standard InChI is InChI=1S/C11H13BrClNO3/c1-2-17-11(16)9(14)10(15)6-3-4-8(13)7(12)5-6/h3-5,9-10,15H,2,14H2,1H3. The molecule has 0 saturated carbocycles. The lowest BCUT2D eigenvalue weighted by atomic mass is 10.0. The van der Waals surface area contributed by atoms with Gasteiger partial charge in [0.05, 0.1) is 11.6 Å². The predicted molar refractivity (Wildman–Crippen MR) is 68.7 cm³/mol. The molecule has 0 amide bonds. The van der Waals surface area contributed by atoms with Crippen LogP contribution in [0.3, 0.4) is 0 Å². The summed E-state index contributed by atoms with van der Waals surface area (Å²) in [7, 11) is 0. The minimum Gasteiger partial charge on any atom is -0.465 e. The summed E-state index contributed by atoms with van der Waals surface area (Å²) < 4.78 is 5.37. The molecule has 0 heterocycles. The molecule has 1 aromatic carbocycles. The van der Waals surface area contributed by atoms with Crippen LogP contribution in [-0.4, -0.2) is 23.7 Å². The molecule has 0 aliphatic carbocycles. The summed E-state index contributed by atoms with van der Waals surface area (Å²) in [6.07, 6.45) is -1.12. The van der Waals surface area contributed by atoms with Gasteiger partial charge in [-0.2, -0.15) is 0 Å². The third kappa shape index (κ3) is 3.67. The second kappa shape index (κ2) is 6.35. The topological polar surface area (TPSA) is 72.5 Å². The molecule has 6 heteroatoms. The third-order valence-corrected chi connectivity index (χ3v) is 3.40. The first kappa shape index (κ1) is 14.4. The molecule has 0 aliphatic heterocycles. The molecule has 0 fully saturated rings. The number of halogens is 2. The first-order chi connectivity index (χ1) is 7.97. The molecule has 0 aromatic heterocycles. The van der Waals surface area contributed by atoms with Gasteiger partial charge in [0.2, 0.25) is 0 Å². The lowest BCUT2D eigenvalue weighted by Crippen LogP contribution is -2.38. The average molecular weight is 323 g/mol. The summed E-state index contributed by atoms with van der Waals surface area (Å²) in [6, 6.07) is 3.73. The van der Waals surface area contributed by atoms with E-state index in [0.717, 1.165) is 0 Å². The zero-order chi connectivity index (χ0) is 13.0. The molecule has 3 N–H and O–H groups in total. The molecule has 4 nitrogen and oxygen atoms in total. The fourth-order valence-electron chi connectivity index (χ4n) is 1.27. The Morgan fingerprint density at radius 2 is 2.29 bits per heavy atom. The lowest BCUT2D eigenvalue weighted by molar-refractivity contribution is -0.147. The molecule has 0 aliphatic rings. The zero-order valence-corrected chi connectivity index (χ0v) is 11.5. The van der Waals surface area contributed by atoms with Gasteiger partial charge in [-0.1, -0.05) is 17.7 Å². The Balaban J connectivity index is 2.84. The number of esters is 1. The van der Waals surface area contributed by atoms with Crippen LogP contribution in [0.4, 0.5) is 0 Å². The zero-order valence-electron chi connectivity index (χ0n) is 9.19. The van der Waals surface area contributed by atoms with Crippen molar-refractivity contribution in [2.75, 3.05) is 6.61 Å². The van der Waals surface area contributed by atoms with Gasteiger partial charge in [0.25, 0.3) is 0 Å². The van der Waals surface area contributed by atoms with E-state index in [-0.39, 0.29) is 6.61 Å². The van der Waals surface area contributed by atoms with Crippen LogP contribution in [-0.2, 0) is 9.53 Å². The Labute approximate surface area is 113 Å². The summed E-state index contributed by atoms with van der Waals surface area (Å²) in [5, 5.41) is 10.4. The first-order valence-electron chi connectivity index (χ1n) is 5.02. The van der Waals surface area contributed by atoms with Crippen LogP contribution in [0.2, 0.25) is 5.02 Å². The first-order valence-corrected chi connectivity index (χ1v) is 6.19. The summed E-state index contributed by atoms with van der Waals surface area (Å²) >= 11 is 9.06. The Morgan fingerprint density at radius 3 is 2.82 bits per heavy atom. The number of aliphatic hydroxyl groups excluding tert-OH is 1. The number of hydrogen-bond donors (Lipinski definition) is 2. The van der Waals surface area contributed by atoms with E-state index in [9.17, 15) is 9.90 Å². The van der Waals surface area contributed by atoms with Crippen LogP contribution in [0.25, 0.3) is 0 Å². The van der Waals surface area contributed by atoms with Crippen molar-refractivity contribution in [2.45, 2.75) is 19.1 Å². The van der Waals surface area contributed by atoms with Gasteiger partial charge in [-0.15, -0.1) is 0 Å². The minimum atomic E-state index is -1.12. The molecule has 0 spiro atoms. The summed E-state index contributed by atoms with van der Waals surface area (Å²) in [4.78, 5) is 11.4. The number of ether oxygens (including phenoxy) is 1. The number of carbonyl (C=O) groups is 1. The number of nitrogens with two attached hydrogens (primary N) is 1. The molecule has 2 unspecified atom stereocenters. The van der Waals surface area contributed by atoms with Gasteiger partial charge in [-0.25, -0.2) is 0 Å². The number of hydrogen-bond acceptors (Lipinski definition) is 4. The van der Waals surface area contributed by atoms with Gasteiger partial charge in [0.1, 0.15) is 12.1 Å². The monoisotopic (exact) mass is 321 g/mol. The van der Waals surface area contributed by atoms with Crippen molar-refractivity contribution in [1.82, 2.24) is 0 Å². The largest absolute Gasteiger partial charge is 0.465 e. The molecule has 94 valence electrons. The molecule has 0 bridgehead atoms. The maximum Gasteiger partial charge on any atom is 0.325 e. The summed E-state index contributed by atoms with van der Waals surface area (Å²) in [5.41, 5.74) is 6.10. The molecule has 2 atom stereocenters. The van der Waals surface area contributed by atoms with Crippen molar-refractivity contribution < 1.29 is 14.6 Å². The third-order valence-electron chi connectivity index (χ3n) is 2.18. The normalized spacial score (nSPS) is 14.2. The van der Waals surface area contributed by atoms with E-state index in [2.05, 4.69) is 15.9 Å². The predicted octanol–water partition coefficient (Wildman–Crippen LogP) is 2.03. The van der Waals surface area contributed by atoms with Gasteiger partial charge in [0, 0.05) is 4.47 Å². The molecule has 0 saturated heterocycles. The van der Waals surface area contributed by atoms with E-state index in [1.165, 1.54) is 0 Å². The molecular formula is C11H13BrClNO3. The Bertz CT molecular complexity index is 414. The highest BCUT2D eigenvalue weighted by Crippen LogP contribution is 2.27. The van der Waals surface area contributed by atoms with Gasteiger partial charge in [-0.3, -0.25) is 4.79 Å². The van der Waals surface area contributed by atoms with Crippen molar-refractivity contribution in [2.24, 2.45) is 5.73 Å². The van der Waals surface area contributed by atoms with Crippen molar-refractivity contribution >= 4 is 33.5 Å². The maximum absolute atomic E-state index is 11.4. The quantitative estimate of drug-likeness (QED) is 0.832. The Hall–Kier alpha value is -0.620. The Kier molecular flexibility index (Phi) is 5.39. The van der Waals surface area contributed by atoms with Crippen LogP contribution in [0.5, 0.6) is 0 Å². The second-order valence-corrected chi connectivity index (χ2v) is 4.66. The SMILES string of the molecule is CCOC(=O)C(N)C(O)c1ccc(Cl)c(Br)c1. The van der Waals surface area contributed by atoms with E-state index in [4.69, 9.17) is 22.1 Å². The molecular weight excluding hydrogens is 309 g/mol. The lowest BCUT2D eigenvalue weighted by Gasteiger charge is -2.18. The van der Waals surface area contributed by atoms with E-state index in [0.29, 0.717) is 15.1 Å². The fraction of sp³-hybridized carbons (Fsp3) is 0.364. The molecule has 17 heavy (non-hydrogen) atoms. The second-order valence-electron chi connectivity index (χ2n) is 3.40. The fourth-order valence-corrected chi connectivity index (χ4v) is 1.79. The minimum absolute atomic E-state index is 0.226. The van der Waals surface area contributed by atoms with E-state index in [1.807, 2.05) is 0 Å². The van der Waals surface area contributed by atoms with Crippen molar-refractivity contribution in [1.29, 1.82) is 0 Å². The number of rotatable bonds is 4. The van der Waals surface area contributed by atoms with Gasteiger partial charge < -0.3 is 15.6 Å². The molecule has 1 rings (SSSR count). The number of carbonyl (C=O) groups excluding carboxylic acids is 1. The highest BCUT2D eigenvalue weighted by atomic mass is 79.9. The highest BCUT2D eigenvalue weighted by molar-refractivity contribution is 9.10. The van der Waals surface area contributed by atoms with Gasteiger partial charge in [-0.05, 0) is 40.5 Å². The molecule has 0 radical (unpaired) electrons. The van der Waals surface area contributed by atoms with Crippen LogP contribution in [0.1, 0.15) is 18.6 Å². The van der Waals surface area contributed by atoms with E-state index in [1.54, 1.807) is 25.1 Å². The van der Waals surface area contributed by atoms with Crippen molar-refractivity contribution in [3.63, 3.8) is 0 Å². The van der Waals surface area contributed by atoms with Gasteiger partial charge in [0.15, 0.2) is 0 Å². The van der Waals surface area contributed by atoms with Crippen molar-refractivity contribution in [3.8, 4) is 0 Å². The Morgan fingerprint density at radius 1 is 1.65 bits per heavy atom. The number of benzene rings is 1.